The Hall–Kier alpha value is -0.290. The number of alkyl halides is 1. The molecule has 0 radical (unpaired) electrons. The number of hydrogen-bond acceptors (Lipinski definition) is 1. The predicted molar refractivity (Wildman–Crippen MR) is 93.5 cm³/mol. The summed E-state index contributed by atoms with van der Waals surface area (Å²) < 4.78 is 1.18. The molecule has 4 bridgehead atoms. The Bertz CT molecular complexity index is 571. The van der Waals surface area contributed by atoms with E-state index >= 15 is 0 Å². The lowest BCUT2D eigenvalue weighted by Gasteiger charge is -2.59. The summed E-state index contributed by atoms with van der Waals surface area (Å²) >= 11 is 9.08. The van der Waals surface area contributed by atoms with E-state index in [1.807, 2.05) is 24.3 Å². The number of rotatable bonds is 2. The highest BCUT2D eigenvalue weighted by Gasteiger charge is 2.60. The van der Waals surface area contributed by atoms with Crippen LogP contribution in [0, 0.1) is 20.8 Å². The van der Waals surface area contributed by atoms with Crippen molar-refractivity contribution >= 4 is 45.8 Å². The van der Waals surface area contributed by atoms with Crippen LogP contribution >= 0.6 is 34.2 Å². The van der Waals surface area contributed by atoms with Gasteiger partial charge >= 0.3 is 0 Å². The van der Waals surface area contributed by atoms with E-state index < -0.39 is 0 Å². The molecule has 112 valence electrons. The van der Waals surface area contributed by atoms with Gasteiger partial charge in [0.2, 0.25) is 5.91 Å². The first-order valence-corrected chi connectivity index (χ1v) is 9.18. The fraction of sp³-hybridized carbons (Fsp3) is 0.588. The van der Waals surface area contributed by atoms with Gasteiger partial charge in [0.25, 0.3) is 0 Å². The first-order chi connectivity index (χ1) is 9.96. The number of anilines is 1. The minimum absolute atomic E-state index is 0.104. The molecular weight excluding hydrogens is 397 g/mol. The maximum atomic E-state index is 12.9. The molecule has 1 aromatic carbocycles. The first kappa shape index (κ1) is 14.3. The molecule has 1 aromatic rings. The maximum absolute atomic E-state index is 12.9. The molecule has 4 heteroatoms. The molecule has 4 atom stereocenters. The quantitative estimate of drug-likeness (QED) is 0.545. The lowest BCUT2D eigenvalue weighted by Crippen LogP contribution is -2.57. The van der Waals surface area contributed by atoms with Crippen molar-refractivity contribution in [1.82, 2.24) is 0 Å². The molecule has 21 heavy (non-hydrogen) atoms. The van der Waals surface area contributed by atoms with Crippen LogP contribution in [-0.2, 0) is 4.79 Å². The maximum Gasteiger partial charge on any atom is 0.230 e. The van der Waals surface area contributed by atoms with Gasteiger partial charge in [0.05, 0.1) is 5.41 Å². The van der Waals surface area contributed by atoms with Crippen LogP contribution in [0.15, 0.2) is 24.3 Å². The summed E-state index contributed by atoms with van der Waals surface area (Å²) in [6.07, 6.45) is 6.45. The topological polar surface area (TPSA) is 29.1 Å². The van der Waals surface area contributed by atoms with Crippen molar-refractivity contribution < 1.29 is 4.79 Å². The predicted octanol–water partition coefficient (Wildman–Crippen LogP) is 4.81. The lowest BCUT2D eigenvalue weighted by atomic mass is 9.49. The van der Waals surface area contributed by atoms with Crippen molar-refractivity contribution in [2.75, 3.05) is 5.32 Å². The molecular formula is C17H19ClINO. The summed E-state index contributed by atoms with van der Waals surface area (Å²) in [5, 5.41) is 3.14. The third-order valence-corrected chi connectivity index (χ3v) is 6.73. The van der Waals surface area contributed by atoms with Gasteiger partial charge in [-0.15, -0.1) is 11.6 Å². The van der Waals surface area contributed by atoms with Gasteiger partial charge in [-0.05, 0) is 97.2 Å². The first-order valence-electron chi connectivity index (χ1n) is 7.72. The smallest absolute Gasteiger partial charge is 0.230 e. The molecule has 0 spiro atoms. The van der Waals surface area contributed by atoms with Crippen molar-refractivity contribution in [3.8, 4) is 0 Å². The van der Waals surface area contributed by atoms with Crippen molar-refractivity contribution in [3.05, 3.63) is 27.8 Å². The van der Waals surface area contributed by atoms with Crippen LogP contribution in [-0.4, -0.2) is 10.8 Å². The number of benzene rings is 1. The normalized spacial score (nSPS) is 40.3. The summed E-state index contributed by atoms with van der Waals surface area (Å²) in [7, 11) is 0. The van der Waals surface area contributed by atoms with Gasteiger partial charge in [0.15, 0.2) is 0 Å². The third kappa shape index (κ3) is 2.50. The van der Waals surface area contributed by atoms with Crippen LogP contribution in [0.3, 0.4) is 0 Å². The Balaban J connectivity index is 1.57. The van der Waals surface area contributed by atoms with E-state index in [1.54, 1.807) is 0 Å². The number of carbonyl (C=O) groups excluding carboxylic acids is 1. The van der Waals surface area contributed by atoms with E-state index in [0.29, 0.717) is 11.8 Å². The van der Waals surface area contributed by atoms with E-state index in [9.17, 15) is 4.79 Å². The van der Waals surface area contributed by atoms with Gasteiger partial charge in [-0.3, -0.25) is 4.79 Å². The van der Waals surface area contributed by atoms with Gasteiger partial charge in [0.1, 0.15) is 0 Å². The molecule has 0 saturated heterocycles. The lowest BCUT2D eigenvalue weighted by molar-refractivity contribution is -0.138. The second-order valence-corrected chi connectivity index (χ2v) is 9.40. The Morgan fingerprint density at radius 2 is 1.76 bits per heavy atom. The fourth-order valence-corrected chi connectivity index (χ4v) is 6.27. The van der Waals surface area contributed by atoms with Crippen molar-refractivity contribution in [2.45, 2.75) is 43.4 Å². The fourth-order valence-electron chi connectivity index (χ4n) is 5.21. The highest BCUT2D eigenvalue weighted by Crippen LogP contribution is 2.64. The molecule has 4 fully saturated rings. The molecule has 0 aromatic heterocycles. The second-order valence-electron chi connectivity index (χ2n) is 7.35. The van der Waals surface area contributed by atoms with E-state index in [2.05, 4.69) is 27.9 Å². The van der Waals surface area contributed by atoms with Crippen molar-refractivity contribution in [1.29, 1.82) is 0 Å². The average molecular weight is 416 g/mol. The van der Waals surface area contributed by atoms with Gasteiger partial charge in [0, 0.05) is 14.1 Å². The average Bonchev–Trinajstić information content (AvgIpc) is 2.38. The molecule has 0 aliphatic heterocycles. The molecule has 1 amide bonds. The highest BCUT2D eigenvalue weighted by atomic mass is 127. The largest absolute Gasteiger partial charge is 0.326 e. The standard InChI is InChI=1S/C17H19ClINO/c18-17-8-11-5-12(9-17)7-16(6-11,10-17)15(21)20-14-3-1-13(19)2-4-14/h1-4,11-12H,5-10H2,(H,20,21)/t11-,12+,16?,17?. The van der Waals surface area contributed by atoms with Gasteiger partial charge in [-0.2, -0.15) is 0 Å². The zero-order chi connectivity index (χ0) is 14.7. The molecule has 0 heterocycles. The summed E-state index contributed by atoms with van der Waals surface area (Å²) in [5.41, 5.74) is 0.689. The van der Waals surface area contributed by atoms with Gasteiger partial charge < -0.3 is 5.32 Å². The molecule has 4 saturated carbocycles. The third-order valence-electron chi connectivity index (χ3n) is 5.57. The SMILES string of the molecule is O=C(Nc1ccc(I)cc1)C12C[C@@H]3C[C@@H](CC(Cl)(C3)C1)C2. The molecule has 4 aliphatic carbocycles. The second kappa shape index (κ2) is 4.85. The Labute approximate surface area is 144 Å². The summed E-state index contributed by atoms with van der Waals surface area (Å²) in [6, 6.07) is 8.02. The molecule has 5 rings (SSSR count). The minimum atomic E-state index is -0.213. The van der Waals surface area contributed by atoms with E-state index in [-0.39, 0.29) is 16.2 Å². The zero-order valence-electron chi connectivity index (χ0n) is 11.9. The number of nitrogens with one attached hydrogen (secondary N) is 1. The van der Waals surface area contributed by atoms with Crippen LogP contribution in [0.5, 0.6) is 0 Å². The van der Waals surface area contributed by atoms with Crippen LogP contribution in [0.25, 0.3) is 0 Å². The Morgan fingerprint density at radius 1 is 1.14 bits per heavy atom. The molecule has 4 aliphatic rings. The summed E-state index contributed by atoms with van der Waals surface area (Å²) in [4.78, 5) is 12.8. The molecule has 1 N–H and O–H groups in total. The number of halogens is 2. The van der Waals surface area contributed by atoms with E-state index in [0.717, 1.165) is 37.8 Å². The summed E-state index contributed by atoms with van der Waals surface area (Å²) in [6.45, 7) is 0. The van der Waals surface area contributed by atoms with Crippen molar-refractivity contribution in [3.63, 3.8) is 0 Å². The Morgan fingerprint density at radius 3 is 2.33 bits per heavy atom. The van der Waals surface area contributed by atoms with Crippen LogP contribution in [0.2, 0.25) is 0 Å². The monoisotopic (exact) mass is 415 g/mol. The number of hydrogen-bond donors (Lipinski definition) is 1. The van der Waals surface area contributed by atoms with Gasteiger partial charge in [-0.25, -0.2) is 0 Å². The Kier molecular flexibility index (Phi) is 3.31. The van der Waals surface area contributed by atoms with Crippen molar-refractivity contribution in [2.24, 2.45) is 17.3 Å². The number of carbonyl (C=O) groups is 1. The van der Waals surface area contributed by atoms with E-state index in [1.165, 1.54) is 9.99 Å². The summed E-state index contributed by atoms with van der Waals surface area (Å²) in [5.74, 6) is 1.51. The van der Waals surface area contributed by atoms with Crippen LogP contribution in [0.1, 0.15) is 38.5 Å². The minimum Gasteiger partial charge on any atom is -0.326 e. The van der Waals surface area contributed by atoms with Gasteiger partial charge in [-0.1, -0.05) is 0 Å². The number of amides is 1. The highest BCUT2D eigenvalue weighted by molar-refractivity contribution is 14.1. The van der Waals surface area contributed by atoms with Crippen LogP contribution in [0.4, 0.5) is 5.69 Å². The van der Waals surface area contributed by atoms with Crippen LogP contribution < -0.4 is 5.32 Å². The zero-order valence-corrected chi connectivity index (χ0v) is 14.8. The molecule has 2 unspecified atom stereocenters. The molecule has 2 nitrogen and oxygen atoms in total. The van der Waals surface area contributed by atoms with E-state index in [4.69, 9.17) is 11.6 Å².